The fourth-order valence-corrected chi connectivity index (χ4v) is 3.57. The van der Waals surface area contributed by atoms with Gasteiger partial charge in [0.05, 0.1) is 30.5 Å². The second kappa shape index (κ2) is 11.2. The van der Waals surface area contributed by atoms with Crippen molar-refractivity contribution in [2.75, 3.05) is 11.9 Å². The molecule has 0 aliphatic heterocycles. The van der Waals surface area contributed by atoms with Crippen LogP contribution in [0.3, 0.4) is 0 Å². The Labute approximate surface area is 203 Å². The zero-order valence-corrected chi connectivity index (χ0v) is 19.7. The molecule has 0 saturated heterocycles. The molecule has 0 aliphatic carbocycles. The summed E-state index contributed by atoms with van der Waals surface area (Å²) in [5, 5.41) is 6.75. The molecule has 4 aromatic rings. The van der Waals surface area contributed by atoms with E-state index in [1.807, 2.05) is 56.3 Å². The molecule has 0 fully saturated rings. The Morgan fingerprint density at radius 3 is 2.43 bits per heavy atom. The van der Waals surface area contributed by atoms with Crippen molar-refractivity contribution in [3.8, 4) is 5.75 Å². The molecule has 0 saturated carbocycles. The van der Waals surface area contributed by atoms with E-state index in [0.29, 0.717) is 23.8 Å². The summed E-state index contributed by atoms with van der Waals surface area (Å²) < 4.78 is 16.4. The van der Waals surface area contributed by atoms with Crippen LogP contribution in [0, 0.1) is 13.8 Å². The minimum Gasteiger partial charge on any atom is -0.489 e. The van der Waals surface area contributed by atoms with Crippen molar-refractivity contribution < 1.29 is 23.3 Å². The Morgan fingerprint density at radius 2 is 1.77 bits per heavy atom. The quantitative estimate of drug-likeness (QED) is 0.359. The first-order valence-electron chi connectivity index (χ1n) is 11.3. The smallest absolute Gasteiger partial charge is 0.244 e. The molecule has 0 aliphatic rings. The van der Waals surface area contributed by atoms with Crippen LogP contribution in [0.15, 0.2) is 81.9 Å². The Bertz CT molecular complexity index is 1230. The number of furan rings is 1. The van der Waals surface area contributed by atoms with Gasteiger partial charge in [-0.15, -0.1) is 0 Å². The van der Waals surface area contributed by atoms with Crippen LogP contribution in [0.1, 0.15) is 28.3 Å². The third kappa shape index (κ3) is 6.60. The summed E-state index contributed by atoms with van der Waals surface area (Å²) in [7, 11) is 0. The van der Waals surface area contributed by atoms with Crippen LogP contribution in [0.5, 0.6) is 5.75 Å². The van der Waals surface area contributed by atoms with E-state index in [9.17, 15) is 9.59 Å². The number of anilines is 1. The molecule has 2 heterocycles. The van der Waals surface area contributed by atoms with Gasteiger partial charge in [-0.25, -0.2) is 0 Å². The molecule has 4 rings (SSSR count). The van der Waals surface area contributed by atoms with Crippen molar-refractivity contribution in [3.63, 3.8) is 0 Å². The molecule has 2 amide bonds. The predicted octanol–water partition coefficient (Wildman–Crippen LogP) is 4.67. The van der Waals surface area contributed by atoms with Crippen molar-refractivity contribution in [2.24, 2.45) is 0 Å². The summed E-state index contributed by atoms with van der Waals surface area (Å²) in [4.78, 5) is 27.2. The normalized spacial score (nSPS) is 10.7. The van der Waals surface area contributed by atoms with E-state index in [1.165, 1.54) is 4.90 Å². The lowest BCUT2D eigenvalue weighted by molar-refractivity contribution is -0.134. The van der Waals surface area contributed by atoms with Crippen LogP contribution < -0.4 is 10.1 Å². The number of aryl methyl sites for hydroxylation is 2. The zero-order valence-electron chi connectivity index (χ0n) is 19.7. The number of carbonyl (C=O) groups excluding carboxylic acids is 2. The molecular formula is C27H27N3O5. The fourth-order valence-electron chi connectivity index (χ4n) is 3.57. The number of ether oxygens (including phenoxy) is 1. The number of nitrogens with one attached hydrogen (secondary N) is 1. The second-order valence-electron chi connectivity index (χ2n) is 8.16. The van der Waals surface area contributed by atoms with Gasteiger partial charge in [-0.05, 0) is 55.8 Å². The maximum Gasteiger partial charge on any atom is 0.244 e. The van der Waals surface area contributed by atoms with E-state index in [-0.39, 0.29) is 31.3 Å². The maximum atomic E-state index is 13.1. The van der Waals surface area contributed by atoms with Crippen molar-refractivity contribution in [2.45, 2.75) is 33.4 Å². The highest BCUT2D eigenvalue weighted by atomic mass is 16.5. The van der Waals surface area contributed by atoms with Crippen LogP contribution in [0.2, 0.25) is 0 Å². The molecule has 0 radical (unpaired) electrons. The Balaban J connectivity index is 1.37. The van der Waals surface area contributed by atoms with Gasteiger partial charge in [0.2, 0.25) is 11.8 Å². The molecule has 8 nitrogen and oxygen atoms in total. The van der Waals surface area contributed by atoms with Gasteiger partial charge >= 0.3 is 0 Å². The number of amides is 2. The van der Waals surface area contributed by atoms with E-state index in [2.05, 4.69) is 10.5 Å². The molecule has 2 aromatic heterocycles. The van der Waals surface area contributed by atoms with Gasteiger partial charge in [-0.3, -0.25) is 9.59 Å². The van der Waals surface area contributed by atoms with Gasteiger partial charge in [0.1, 0.15) is 30.4 Å². The third-order valence-corrected chi connectivity index (χ3v) is 5.51. The highest BCUT2D eigenvalue weighted by Crippen LogP contribution is 2.19. The van der Waals surface area contributed by atoms with Crippen LogP contribution in [0.4, 0.5) is 5.69 Å². The van der Waals surface area contributed by atoms with Crippen molar-refractivity contribution in [3.05, 3.63) is 101 Å². The highest BCUT2D eigenvalue weighted by molar-refractivity contribution is 5.94. The Morgan fingerprint density at radius 1 is 1.00 bits per heavy atom. The lowest BCUT2D eigenvalue weighted by atomic mass is 10.1. The monoisotopic (exact) mass is 473 g/mol. The van der Waals surface area contributed by atoms with Crippen LogP contribution in [-0.2, 0) is 29.2 Å². The number of para-hydroxylation sites is 1. The molecule has 2 aromatic carbocycles. The maximum absolute atomic E-state index is 13.1. The summed E-state index contributed by atoms with van der Waals surface area (Å²) in [6, 6.07) is 20.0. The topological polar surface area (TPSA) is 97.8 Å². The zero-order chi connectivity index (χ0) is 24.6. The minimum atomic E-state index is -0.279. The summed E-state index contributed by atoms with van der Waals surface area (Å²) in [6.45, 7) is 4.19. The van der Waals surface area contributed by atoms with Gasteiger partial charge in [-0.1, -0.05) is 35.5 Å². The van der Waals surface area contributed by atoms with Gasteiger partial charge in [0.25, 0.3) is 0 Å². The first-order chi connectivity index (χ1) is 17.0. The standard InChI is InChI=1S/C27H27N3O5/c1-19-25(20(2)35-29-19)18-34-23-12-10-21(11-13-23)15-27(32)30(16-24-9-6-14-33-24)17-26(31)28-22-7-4-3-5-8-22/h3-14H,15-18H2,1-2H3,(H,28,31). The van der Waals surface area contributed by atoms with Gasteiger partial charge in [0, 0.05) is 5.69 Å². The van der Waals surface area contributed by atoms with E-state index < -0.39 is 0 Å². The fraction of sp³-hybridized carbons (Fsp3) is 0.222. The average Bonchev–Trinajstić information content (AvgIpc) is 3.48. The number of nitrogens with zero attached hydrogens (tertiary/aromatic N) is 2. The Kier molecular flexibility index (Phi) is 7.62. The van der Waals surface area contributed by atoms with Crippen LogP contribution in [0.25, 0.3) is 0 Å². The minimum absolute atomic E-state index is 0.0902. The average molecular weight is 474 g/mol. The molecule has 35 heavy (non-hydrogen) atoms. The molecule has 8 heteroatoms. The van der Waals surface area contributed by atoms with Gasteiger partial charge < -0.3 is 23.9 Å². The first-order valence-corrected chi connectivity index (χ1v) is 11.3. The number of carbonyl (C=O) groups is 2. The molecule has 1 N–H and O–H groups in total. The lowest BCUT2D eigenvalue weighted by Crippen LogP contribution is -2.38. The first kappa shape index (κ1) is 23.8. The molecule has 0 spiro atoms. The summed E-state index contributed by atoms with van der Waals surface area (Å²) in [6.07, 6.45) is 1.69. The molecule has 180 valence electrons. The molecular weight excluding hydrogens is 446 g/mol. The van der Waals surface area contributed by atoms with E-state index in [1.54, 1.807) is 30.5 Å². The Hall–Kier alpha value is -4.33. The van der Waals surface area contributed by atoms with E-state index in [0.717, 1.165) is 22.6 Å². The molecule has 0 unspecified atom stereocenters. The van der Waals surface area contributed by atoms with Crippen molar-refractivity contribution in [1.82, 2.24) is 10.1 Å². The molecule has 0 atom stereocenters. The summed E-state index contributed by atoms with van der Waals surface area (Å²) >= 11 is 0. The van der Waals surface area contributed by atoms with E-state index >= 15 is 0 Å². The van der Waals surface area contributed by atoms with Gasteiger partial charge in [-0.2, -0.15) is 0 Å². The summed E-state index contributed by atoms with van der Waals surface area (Å²) in [5.74, 6) is 1.55. The summed E-state index contributed by atoms with van der Waals surface area (Å²) in [5.41, 5.74) is 3.21. The van der Waals surface area contributed by atoms with Gasteiger partial charge in [0.15, 0.2) is 0 Å². The number of benzene rings is 2. The number of rotatable bonds is 10. The second-order valence-corrected chi connectivity index (χ2v) is 8.16. The SMILES string of the molecule is Cc1noc(C)c1COc1ccc(CC(=O)N(CC(=O)Nc2ccccc2)Cc2ccco2)cc1. The lowest BCUT2D eigenvalue weighted by Gasteiger charge is -2.21. The number of aromatic nitrogens is 1. The van der Waals surface area contributed by atoms with Crippen molar-refractivity contribution >= 4 is 17.5 Å². The van der Waals surface area contributed by atoms with Crippen LogP contribution in [-0.4, -0.2) is 28.4 Å². The van der Waals surface area contributed by atoms with E-state index in [4.69, 9.17) is 13.7 Å². The highest BCUT2D eigenvalue weighted by Gasteiger charge is 2.19. The third-order valence-electron chi connectivity index (χ3n) is 5.51. The van der Waals surface area contributed by atoms with Crippen molar-refractivity contribution in [1.29, 1.82) is 0 Å². The predicted molar refractivity (Wildman–Crippen MR) is 130 cm³/mol. The molecule has 0 bridgehead atoms. The number of hydrogen-bond acceptors (Lipinski definition) is 6. The van der Waals surface area contributed by atoms with Crippen LogP contribution >= 0.6 is 0 Å². The largest absolute Gasteiger partial charge is 0.489 e. The number of hydrogen-bond donors (Lipinski definition) is 1.